The van der Waals surface area contributed by atoms with E-state index in [-0.39, 0.29) is 79.9 Å². The summed E-state index contributed by atoms with van der Waals surface area (Å²) in [6.07, 6.45) is 2.29. The quantitative estimate of drug-likeness (QED) is 0.0883. The summed E-state index contributed by atoms with van der Waals surface area (Å²) in [7, 11) is 0. The minimum absolute atomic E-state index is 0.0442. The van der Waals surface area contributed by atoms with Gasteiger partial charge in [-0.05, 0) is 48.4 Å². The second-order valence-electron chi connectivity index (χ2n) is 12.2. The van der Waals surface area contributed by atoms with Gasteiger partial charge in [0, 0.05) is 35.9 Å². The fraction of sp³-hybridized carbons (Fsp3) is 0.412. The Morgan fingerprint density at radius 1 is 1.12 bits per heavy atom. The lowest BCUT2D eigenvalue weighted by atomic mass is 9.85. The van der Waals surface area contributed by atoms with Crippen molar-refractivity contribution in [2.75, 3.05) is 19.5 Å². The maximum Gasteiger partial charge on any atom is 0.414 e. The Morgan fingerprint density at radius 2 is 1.90 bits per heavy atom. The number of hydrogen-bond acceptors (Lipinski definition) is 12. The average Bonchev–Trinajstić information content (AvgIpc) is 3.59. The summed E-state index contributed by atoms with van der Waals surface area (Å²) in [5.41, 5.74) is 1.88. The summed E-state index contributed by atoms with van der Waals surface area (Å²) in [6.45, 7) is 3.24. The molecule has 1 unspecified atom stereocenters. The number of carbonyl (C=O) groups is 6. The van der Waals surface area contributed by atoms with Gasteiger partial charge in [0.1, 0.15) is 12.4 Å². The Labute approximate surface area is 289 Å². The van der Waals surface area contributed by atoms with Crippen LogP contribution in [0.1, 0.15) is 61.8 Å². The summed E-state index contributed by atoms with van der Waals surface area (Å²) in [5.74, 6) is -2.43. The lowest BCUT2D eigenvalue weighted by molar-refractivity contribution is -0.172. The van der Waals surface area contributed by atoms with Crippen LogP contribution in [0.3, 0.4) is 0 Å². The molecule has 16 heteroatoms. The monoisotopic (exact) mass is 705 g/mol. The first-order chi connectivity index (χ1) is 23.9. The number of carbonyl (C=O) groups excluding carboxylic acids is 6. The fourth-order valence-electron chi connectivity index (χ4n) is 6.66. The molecular weight excluding hydrogens is 670 g/mol. The van der Waals surface area contributed by atoms with E-state index in [0.717, 1.165) is 21.6 Å². The molecule has 1 aromatic carbocycles. The number of likely N-dealkylation sites (tertiary alicyclic amines) is 1. The first-order valence-electron chi connectivity index (χ1n) is 16.1. The zero-order valence-electron chi connectivity index (χ0n) is 27.6. The predicted octanol–water partition coefficient (Wildman–Crippen LogP) is 1.64. The van der Waals surface area contributed by atoms with Crippen LogP contribution in [-0.4, -0.2) is 79.8 Å². The molecule has 1 fully saturated rings. The van der Waals surface area contributed by atoms with Crippen molar-refractivity contribution in [3.63, 3.8) is 0 Å². The van der Waals surface area contributed by atoms with Crippen LogP contribution < -0.4 is 20.9 Å². The number of aromatic nitrogens is 2. The number of hydrogen-bond donors (Lipinski definition) is 3. The van der Waals surface area contributed by atoms with E-state index in [9.17, 15) is 38.7 Å². The van der Waals surface area contributed by atoms with E-state index in [2.05, 4.69) is 15.6 Å². The normalized spacial score (nSPS) is 19.2. The van der Waals surface area contributed by atoms with E-state index in [0.29, 0.717) is 23.0 Å². The maximum atomic E-state index is 13.6. The zero-order chi connectivity index (χ0) is 35.9. The number of benzene rings is 1. The van der Waals surface area contributed by atoms with Crippen LogP contribution in [0.4, 0.5) is 4.79 Å². The highest BCUT2D eigenvalue weighted by Crippen LogP contribution is 2.41. The van der Waals surface area contributed by atoms with Crippen LogP contribution in [0.25, 0.3) is 22.2 Å². The first-order valence-corrected chi connectivity index (χ1v) is 17.4. The third-order valence-electron chi connectivity index (χ3n) is 9.37. The van der Waals surface area contributed by atoms with Gasteiger partial charge in [0.05, 0.1) is 47.9 Å². The van der Waals surface area contributed by atoms with Crippen molar-refractivity contribution in [1.29, 1.82) is 0 Å². The number of imide groups is 1. The number of nitrogens with zero attached hydrogens (tertiary/aromatic N) is 3. The smallest absolute Gasteiger partial charge is 0.414 e. The highest BCUT2D eigenvalue weighted by molar-refractivity contribution is 8.00. The van der Waals surface area contributed by atoms with Gasteiger partial charge in [0.2, 0.25) is 17.7 Å². The molecule has 2 atom stereocenters. The number of thioether (sulfide) groups is 1. The zero-order valence-corrected chi connectivity index (χ0v) is 28.4. The van der Waals surface area contributed by atoms with Crippen molar-refractivity contribution in [3.05, 3.63) is 57.0 Å². The highest BCUT2D eigenvalue weighted by atomic mass is 32.2. The minimum Gasteiger partial charge on any atom is -0.458 e. The van der Waals surface area contributed by atoms with Crippen molar-refractivity contribution in [2.24, 2.45) is 0 Å². The summed E-state index contributed by atoms with van der Waals surface area (Å²) in [5, 5.41) is 16.2. The molecule has 4 amide bonds. The molecule has 15 nitrogen and oxygen atoms in total. The molecule has 3 N–H and O–H groups in total. The van der Waals surface area contributed by atoms with Gasteiger partial charge < -0.3 is 29.8 Å². The number of ketones is 1. The lowest BCUT2D eigenvalue weighted by Gasteiger charge is -2.31. The van der Waals surface area contributed by atoms with Crippen molar-refractivity contribution >= 4 is 58.2 Å². The fourth-order valence-corrected chi connectivity index (χ4v) is 7.30. The summed E-state index contributed by atoms with van der Waals surface area (Å²) in [4.78, 5) is 92.8. The van der Waals surface area contributed by atoms with Gasteiger partial charge >= 0.3 is 12.1 Å². The number of esters is 1. The van der Waals surface area contributed by atoms with E-state index in [4.69, 9.17) is 9.47 Å². The number of nitrogens with one attached hydrogen (secondary N) is 2. The van der Waals surface area contributed by atoms with E-state index in [1.165, 1.54) is 18.0 Å². The Kier molecular flexibility index (Phi) is 9.50. The number of cyclic esters (lactones) is 1. The van der Waals surface area contributed by atoms with Gasteiger partial charge in [-0.2, -0.15) is 11.8 Å². The molecule has 0 radical (unpaired) electrons. The molecular formula is C34H35N5O10S. The van der Waals surface area contributed by atoms with Gasteiger partial charge in [-0.15, -0.1) is 0 Å². The third-order valence-corrected chi connectivity index (χ3v) is 10.3. The number of ether oxygens (including phenoxy) is 2. The standard InChI is InChI=1S/C34H35N5O10S/c1-4-19-20-9-18(49-33(46)37-16-36-28(41)8-17(40)6-7-38-29(42)12-27(50-3)31(38)44)13-35-25(20)10-21-22(19)14-39-26(21)11-24-23(30(39)43)15-48-32(45)34(24,47)5-2/h9-11,13,27,47H,4-8,12,14-16H2,1-3H3,(H,36,41)(H,37,46)/t27?,34-/m0/s1. The minimum atomic E-state index is -1.92. The number of amides is 4. The Balaban J connectivity index is 1.09. The van der Waals surface area contributed by atoms with E-state index in [1.54, 1.807) is 29.9 Å². The molecule has 0 bridgehead atoms. The second-order valence-corrected chi connectivity index (χ2v) is 13.2. The first kappa shape index (κ1) is 34.8. The van der Waals surface area contributed by atoms with E-state index in [1.807, 2.05) is 13.0 Å². The van der Waals surface area contributed by atoms with Crippen molar-refractivity contribution in [1.82, 2.24) is 25.1 Å². The SMILES string of the molecule is CCc1c2c(cc3ncc(OC(=O)NCNC(=O)CC(=O)CCN4C(=O)CC(SC)C4=O)cc13)-c1cc3c(c(=O)n1C2)COC(=O)[C@]3(O)CC. The summed E-state index contributed by atoms with van der Waals surface area (Å²) < 4.78 is 12.2. The van der Waals surface area contributed by atoms with Gasteiger partial charge in [0.25, 0.3) is 5.56 Å². The molecule has 3 aliphatic heterocycles. The van der Waals surface area contributed by atoms with Crippen molar-refractivity contribution < 1.29 is 43.3 Å². The largest absolute Gasteiger partial charge is 0.458 e. The molecule has 3 aromatic rings. The Bertz CT molecular complexity index is 2040. The molecule has 6 rings (SSSR count). The topological polar surface area (TPSA) is 203 Å². The number of rotatable bonds is 11. The molecule has 0 spiro atoms. The number of aryl methyl sites for hydroxylation is 1. The van der Waals surface area contributed by atoms with E-state index >= 15 is 0 Å². The molecule has 50 heavy (non-hydrogen) atoms. The molecule has 0 saturated carbocycles. The van der Waals surface area contributed by atoms with Crippen LogP contribution in [0, 0.1) is 0 Å². The average molecular weight is 706 g/mol. The van der Waals surface area contributed by atoms with Gasteiger partial charge in [-0.1, -0.05) is 13.8 Å². The van der Waals surface area contributed by atoms with Crippen LogP contribution in [0.2, 0.25) is 0 Å². The lowest BCUT2D eigenvalue weighted by Crippen LogP contribution is -2.44. The van der Waals surface area contributed by atoms with Crippen LogP contribution in [0.15, 0.2) is 29.2 Å². The van der Waals surface area contributed by atoms with Crippen LogP contribution >= 0.6 is 11.8 Å². The van der Waals surface area contributed by atoms with Crippen LogP contribution in [0.5, 0.6) is 5.75 Å². The van der Waals surface area contributed by atoms with Crippen molar-refractivity contribution in [2.45, 2.75) is 70.0 Å². The molecule has 5 heterocycles. The van der Waals surface area contributed by atoms with Gasteiger partial charge in [-0.3, -0.25) is 33.9 Å². The van der Waals surface area contributed by atoms with Crippen LogP contribution in [-0.2, 0) is 53.9 Å². The third kappa shape index (κ3) is 6.13. The van der Waals surface area contributed by atoms with Gasteiger partial charge in [-0.25, -0.2) is 9.59 Å². The molecule has 262 valence electrons. The second kappa shape index (κ2) is 13.7. The van der Waals surface area contributed by atoms with Crippen molar-refractivity contribution in [3.8, 4) is 17.0 Å². The molecule has 2 aromatic heterocycles. The summed E-state index contributed by atoms with van der Waals surface area (Å²) >= 11 is 1.28. The number of pyridine rings is 2. The Morgan fingerprint density at radius 3 is 2.60 bits per heavy atom. The Hall–Kier alpha value is -5.09. The number of aliphatic hydroxyl groups is 1. The number of fused-ring (bicyclic) bond motifs is 5. The number of Topliss-reactive ketones (excluding diaryl/α,β-unsaturated/α-hetero) is 1. The predicted molar refractivity (Wildman–Crippen MR) is 179 cm³/mol. The maximum absolute atomic E-state index is 13.6. The molecule has 1 saturated heterocycles. The molecule has 3 aliphatic rings. The highest BCUT2D eigenvalue weighted by Gasteiger charge is 2.45. The summed E-state index contributed by atoms with van der Waals surface area (Å²) in [6, 6.07) is 5.17. The molecule has 0 aliphatic carbocycles. The van der Waals surface area contributed by atoms with E-state index < -0.39 is 41.0 Å². The van der Waals surface area contributed by atoms with Gasteiger partial charge in [0.15, 0.2) is 11.4 Å².